The quantitative estimate of drug-likeness (QED) is 0.885. The second-order valence-electron chi connectivity index (χ2n) is 5.64. The van der Waals surface area contributed by atoms with Crippen molar-refractivity contribution in [2.45, 2.75) is 44.2 Å². The molecule has 2 fully saturated rings. The van der Waals surface area contributed by atoms with Crippen LogP contribution in [0, 0.1) is 0 Å². The number of morpholine rings is 1. The van der Waals surface area contributed by atoms with Gasteiger partial charge in [-0.1, -0.05) is 18.0 Å². The molecule has 6 nitrogen and oxygen atoms in total. The minimum absolute atomic E-state index is 0.134. The van der Waals surface area contributed by atoms with E-state index in [0.717, 1.165) is 52.0 Å². The topological polar surface area (TPSA) is 77.4 Å². The summed E-state index contributed by atoms with van der Waals surface area (Å²) in [6, 6.07) is 0.134. The maximum Gasteiger partial charge on any atom is 0.243 e. The summed E-state index contributed by atoms with van der Waals surface area (Å²) in [6.07, 6.45) is 4.22. The van der Waals surface area contributed by atoms with Gasteiger partial charge >= 0.3 is 0 Å². The highest BCUT2D eigenvalue weighted by Crippen LogP contribution is 2.35. The first-order valence-corrected chi connectivity index (χ1v) is 7.14. The van der Waals surface area contributed by atoms with Crippen LogP contribution in [0.3, 0.4) is 0 Å². The predicted octanol–water partition coefficient (Wildman–Crippen LogP) is 1.19. The number of hydrogen-bond acceptors (Lipinski definition) is 6. The lowest BCUT2D eigenvalue weighted by atomic mass is 9.99. The third kappa shape index (κ3) is 2.52. The van der Waals surface area contributed by atoms with E-state index in [0.29, 0.717) is 11.7 Å². The Labute approximate surface area is 113 Å². The third-order valence-corrected chi connectivity index (χ3v) is 4.33. The summed E-state index contributed by atoms with van der Waals surface area (Å²) < 4.78 is 10.8. The summed E-state index contributed by atoms with van der Waals surface area (Å²) in [5, 5.41) is 4.12. The van der Waals surface area contributed by atoms with Gasteiger partial charge in [0.1, 0.15) is 0 Å². The fourth-order valence-electron chi connectivity index (χ4n) is 2.96. The van der Waals surface area contributed by atoms with Crippen LogP contribution in [0.2, 0.25) is 0 Å². The van der Waals surface area contributed by atoms with Crippen LogP contribution < -0.4 is 5.73 Å². The van der Waals surface area contributed by atoms with Gasteiger partial charge in [-0.05, 0) is 19.8 Å². The minimum atomic E-state index is -0.369. The Morgan fingerprint density at radius 1 is 1.26 bits per heavy atom. The highest BCUT2D eigenvalue weighted by atomic mass is 16.5. The van der Waals surface area contributed by atoms with E-state index in [-0.39, 0.29) is 11.6 Å². The van der Waals surface area contributed by atoms with Crippen molar-refractivity contribution in [3.63, 3.8) is 0 Å². The van der Waals surface area contributed by atoms with Gasteiger partial charge in [0, 0.05) is 13.1 Å². The fourth-order valence-corrected chi connectivity index (χ4v) is 2.96. The van der Waals surface area contributed by atoms with Gasteiger partial charge in [-0.15, -0.1) is 0 Å². The molecule has 0 spiro atoms. The van der Waals surface area contributed by atoms with E-state index in [1.165, 1.54) is 0 Å². The molecule has 1 aromatic rings. The molecule has 1 aliphatic carbocycles. The van der Waals surface area contributed by atoms with Gasteiger partial charge in [-0.25, -0.2) is 0 Å². The van der Waals surface area contributed by atoms with E-state index in [2.05, 4.69) is 22.0 Å². The summed E-state index contributed by atoms with van der Waals surface area (Å²) in [7, 11) is 0. The zero-order valence-corrected chi connectivity index (χ0v) is 11.5. The molecule has 2 N–H and O–H groups in total. The van der Waals surface area contributed by atoms with Gasteiger partial charge in [0.2, 0.25) is 5.89 Å². The monoisotopic (exact) mass is 266 g/mol. The predicted molar refractivity (Wildman–Crippen MR) is 69.4 cm³/mol. The number of ether oxygens (including phenoxy) is 1. The number of rotatable bonds is 3. The molecule has 2 aliphatic rings. The van der Waals surface area contributed by atoms with E-state index < -0.39 is 0 Å². The molecule has 1 aromatic heterocycles. The molecule has 19 heavy (non-hydrogen) atoms. The molecule has 1 saturated carbocycles. The molecule has 0 bridgehead atoms. The first-order valence-electron chi connectivity index (χ1n) is 7.14. The van der Waals surface area contributed by atoms with Crippen molar-refractivity contribution in [1.82, 2.24) is 15.0 Å². The Hall–Kier alpha value is -0.980. The van der Waals surface area contributed by atoms with Crippen LogP contribution in [0.15, 0.2) is 4.52 Å². The first-order chi connectivity index (χ1) is 9.19. The molecular weight excluding hydrogens is 244 g/mol. The van der Waals surface area contributed by atoms with Gasteiger partial charge in [0.15, 0.2) is 5.82 Å². The Bertz CT molecular complexity index is 422. The van der Waals surface area contributed by atoms with Crippen molar-refractivity contribution in [1.29, 1.82) is 0 Å². The van der Waals surface area contributed by atoms with E-state index in [9.17, 15) is 0 Å². The Morgan fingerprint density at radius 2 is 1.95 bits per heavy atom. The number of hydrogen-bond donors (Lipinski definition) is 1. The van der Waals surface area contributed by atoms with E-state index in [4.69, 9.17) is 15.0 Å². The van der Waals surface area contributed by atoms with Crippen molar-refractivity contribution in [3.8, 4) is 0 Å². The highest BCUT2D eigenvalue weighted by Gasteiger charge is 2.36. The summed E-state index contributed by atoms with van der Waals surface area (Å²) in [5.74, 6) is 1.36. The van der Waals surface area contributed by atoms with Crippen LogP contribution in [0.1, 0.15) is 50.4 Å². The zero-order chi connectivity index (χ0) is 13.3. The molecule has 3 rings (SSSR count). The molecule has 1 saturated heterocycles. The molecule has 0 aromatic carbocycles. The molecule has 6 heteroatoms. The average Bonchev–Trinajstić information content (AvgIpc) is 3.08. The Morgan fingerprint density at radius 3 is 2.63 bits per heavy atom. The molecule has 1 aliphatic heterocycles. The molecule has 1 atom stereocenters. The van der Waals surface area contributed by atoms with Crippen LogP contribution in [-0.4, -0.2) is 41.3 Å². The summed E-state index contributed by atoms with van der Waals surface area (Å²) in [6.45, 7) is 5.46. The van der Waals surface area contributed by atoms with Crippen LogP contribution in [0.25, 0.3) is 0 Å². The van der Waals surface area contributed by atoms with Gasteiger partial charge in [-0.3, -0.25) is 4.90 Å². The largest absolute Gasteiger partial charge is 0.379 e. The molecule has 0 radical (unpaired) electrons. The van der Waals surface area contributed by atoms with Crippen LogP contribution >= 0.6 is 0 Å². The van der Waals surface area contributed by atoms with Crippen molar-refractivity contribution < 1.29 is 9.26 Å². The molecular formula is C13H22N4O2. The lowest BCUT2D eigenvalue weighted by Crippen LogP contribution is -2.38. The molecule has 1 unspecified atom stereocenters. The highest BCUT2D eigenvalue weighted by molar-refractivity contribution is 5.07. The average molecular weight is 266 g/mol. The van der Waals surface area contributed by atoms with Crippen molar-refractivity contribution in [2.24, 2.45) is 5.73 Å². The van der Waals surface area contributed by atoms with Crippen LogP contribution in [-0.2, 0) is 10.3 Å². The lowest BCUT2D eigenvalue weighted by molar-refractivity contribution is 0.0134. The standard InChI is InChI=1S/C13H22N4O2/c1-10(17-6-8-18-9-7-17)11-15-12(16-19-11)13(14)4-2-3-5-13/h10H,2-9,14H2,1H3. The normalized spacial score (nSPS) is 25.6. The maximum absolute atomic E-state index is 6.35. The van der Waals surface area contributed by atoms with Gasteiger partial charge in [0.25, 0.3) is 0 Å². The summed E-state index contributed by atoms with van der Waals surface area (Å²) in [4.78, 5) is 6.86. The minimum Gasteiger partial charge on any atom is -0.379 e. The number of nitrogens with zero attached hydrogens (tertiary/aromatic N) is 3. The second kappa shape index (κ2) is 5.19. The van der Waals surface area contributed by atoms with E-state index in [1.54, 1.807) is 0 Å². The van der Waals surface area contributed by atoms with Crippen LogP contribution in [0.5, 0.6) is 0 Å². The van der Waals surface area contributed by atoms with Crippen LogP contribution in [0.4, 0.5) is 0 Å². The van der Waals surface area contributed by atoms with Crippen molar-refractivity contribution >= 4 is 0 Å². The summed E-state index contributed by atoms with van der Waals surface area (Å²) in [5.41, 5.74) is 5.99. The fraction of sp³-hybridized carbons (Fsp3) is 0.846. The number of nitrogens with two attached hydrogens (primary N) is 1. The maximum atomic E-state index is 6.35. The second-order valence-corrected chi connectivity index (χ2v) is 5.64. The van der Waals surface area contributed by atoms with Gasteiger partial charge in [-0.2, -0.15) is 4.98 Å². The zero-order valence-electron chi connectivity index (χ0n) is 11.5. The Balaban J connectivity index is 1.73. The summed E-state index contributed by atoms with van der Waals surface area (Å²) >= 11 is 0. The van der Waals surface area contributed by atoms with Crippen molar-refractivity contribution in [3.05, 3.63) is 11.7 Å². The van der Waals surface area contributed by atoms with Gasteiger partial charge < -0.3 is 15.0 Å². The first kappa shape index (κ1) is 13.0. The Kier molecular flexibility index (Phi) is 3.56. The van der Waals surface area contributed by atoms with E-state index in [1.807, 2.05) is 0 Å². The van der Waals surface area contributed by atoms with E-state index >= 15 is 0 Å². The molecule has 2 heterocycles. The lowest BCUT2D eigenvalue weighted by Gasteiger charge is -2.30. The smallest absolute Gasteiger partial charge is 0.243 e. The van der Waals surface area contributed by atoms with Gasteiger partial charge in [0.05, 0.1) is 24.8 Å². The number of aromatic nitrogens is 2. The molecule has 0 amide bonds. The third-order valence-electron chi connectivity index (χ3n) is 4.33. The van der Waals surface area contributed by atoms with Crippen molar-refractivity contribution in [2.75, 3.05) is 26.3 Å². The SMILES string of the molecule is CC(c1nc(C2(N)CCCC2)no1)N1CCOCC1. The molecule has 106 valence electrons.